The summed E-state index contributed by atoms with van der Waals surface area (Å²) in [5, 5.41) is 2.88. The molecule has 1 aliphatic rings. The standard InChI is InChI=1S/C10H11NO.C10H18O5.C2H6/c12-10-7-3-5-8-4-1-2-6-9(8)11-10;1-9(2,3)14-7(11)13-8(12)15-10(4,5)6;1-2/h1-2,4,6H,3,5,7H2,(H,11,12);1-6H3;1-2H3. The van der Waals surface area contributed by atoms with Gasteiger partial charge in [-0.25, -0.2) is 9.59 Å². The van der Waals surface area contributed by atoms with Gasteiger partial charge < -0.3 is 19.5 Å². The normalized spacial score (nSPS) is 13.0. The maximum Gasteiger partial charge on any atom is 0.519 e. The van der Waals surface area contributed by atoms with E-state index >= 15 is 0 Å². The molecule has 7 heteroatoms. The van der Waals surface area contributed by atoms with Gasteiger partial charge in [0.15, 0.2) is 0 Å². The molecule has 1 heterocycles. The molecule has 0 saturated heterocycles. The minimum absolute atomic E-state index is 0.139. The summed E-state index contributed by atoms with van der Waals surface area (Å²) in [7, 11) is 0. The number of fused-ring (bicyclic) bond motifs is 1. The summed E-state index contributed by atoms with van der Waals surface area (Å²) in [5.74, 6) is 0.139. The second kappa shape index (κ2) is 12.1. The fraction of sp³-hybridized carbons (Fsp3) is 0.591. The molecule has 1 aromatic rings. The molecule has 2 rings (SSSR count). The van der Waals surface area contributed by atoms with Crippen molar-refractivity contribution in [2.24, 2.45) is 0 Å². The van der Waals surface area contributed by atoms with Crippen LogP contribution in [-0.4, -0.2) is 29.4 Å². The second-order valence-corrected chi connectivity index (χ2v) is 8.09. The van der Waals surface area contributed by atoms with Crippen LogP contribution in [0.15, 0.2) is 24.3 Å². The molecule has 0 unspecified atom stereocenters. The van der Waals surface area contributed by atoms with E-state index in [9.17, 15) is 14.4 Å². The van der Waals surface area contributed by atoms with Crippen LogP contribution < -0.4 is 5.32 Å². The van der Waals surface area contributed by atoms with Gasteiger partial charge in [-0.1, -0.05) is 32.0 Å². The van der Waals surface area contributed by atoms with Crippen LogP contribution in [0, 0.1) is 0 Å². The number of hydrogen-bond acceptors (Lipinski definition) is 6. The van der Waals surface area contributed by atoms with Gasteiger partial charge in [0.2, 0.25) is 5.91 Å². The highest BCUT2D eigenvalue weighted by Crippen LogP contribution is 2.20. The van der Waals surface area contributed by atoms with Gasteiger partial charge in [0.1, 0.15) is 11.2 Å². The number of carbonyl (C=O) groups excluding carboxylic acids is 3. The average molecular weight is 410 g/mol. The zero-order valence-electron chi connectivity index (χ0n) is 18.9. The van der Waals surface area contributed by atoms with Crippen molar-refractivity contribution in [1.29, 1.82) is 0 Å². The molecular formula is C22H35NO6. The molecule has 1 N–H and O–H groups in total. The van der Waals surface area contributed by atoms with Gasteiger partial charge in [0, 0.05) is 12.1 Å². The molecule has 1 aromatic carbocycles. The smallest absolute Gasteiger partial charge is 0.428 e. The highest BCUT2D eigenvalue weighted by atomic mass is 16.8. The monoisotopic (exact) mass is 409 g/mol. The van der Waals surface area contributed by atoms with Gasteiger partial charge in [-0.15, -0.1) is 0 Å². The first-order valence-electron chi connectivity index (χ1n) is 9.87. The van der Waals surface area contributed by atoms with Crippen molar-refractivity contribution >= 4 is 23.9 Å². The number of carbonyl (C=O) groups is 3. The Morgan fingerprint density at radius 3 is 1.83 bits per heavy atom. The van der Waals surface area contributed by atoms with Crippen LogP contribution in [0.2, 0.25) is 0 Å². The lowest BCUT2D eigenvalue weighted by molar-refractivity contribution is -0.116. The number of hydrogen-bond donors (Lipinski definition) is 1. The molecule has 0 fully saturated rings. The van der Waals surface area contributed by atoms with E-state index in [4.69, 9.17) is 9.47 Å². The van der Waals surface area contributed by atoms with E-state index in [0.29, 0.717) is 6.42 Å². The molecule has 1 aliphatic heterocycles. The van der Waals surface area contributed by atoms with Gasteiger partial charge in [-0.2, -0.15) is 0 Å². The van der Waals surface area contributed by atoms with Crippen molar-refractivity contribution in [1.82, 2.24) is 0 Å². The van der Waals surface area contributed by atoms with Gasteiger partial charge in [0.25, 0.3) is 0 Å². The quantitative estimate of drug-likeness (QED) is 0.426. The number of aryl methyl sites for hydroxylation is 1. The number of anilines is 1. The van der Waals surface area contributed by atoms with Gasteiger partial charge >= 0.3 is 12.3 Å². The Morgan fingerprint density at radius 1 is 0.862 bits per heavy atom. The van der Waals surface area contributed by atoms with Crippen LogP contribution in [0.5, 0.6) is 0 Å². The van der Waals surface area contributed by atoms with E-state index in [-0.39, 0.29) is 5.91 Å². The van der Waals surface area contributed by atoms with E-state index in [2.05, 4.69) is 16.1 Å². The highest BCUT2D eigenvalue weighted by Gasteiger charge is 2.24. The summed E-state index contributed by atoms with van der Waals surface area (Å²) < 4.78 is 13.8. The third-order valence-electron chi connectivity index (χ3n) is 3.09. The van der Waals surface area contributed by atoms with Crippen molar-refractivity contribution in [3.05, 3.63) is 29.8 Å². The third-order valence-corrected chi connectivity index (χ3v) is 3.09. The van der Waals surface area contributed by atoms with E-state index in [0.717, 1.165) is 18.5 Å². The molecule has 0 aromatic heterocycles. The number of benzene rings is 1. The molecule has 1 amide bonds. The Hall–Kier alpha value is -2.57. The fourth-order valence-electron chi connectivity index (χ4n) is 2.12. The third kappa shape index (κ3) is 13.3. The van der Waals surface area contributed by atoms with Gasteiger partial charge in [-0.05, 0) is 66.0 Å². The van der Waals surface area contributed by atoms with Gasteiger partial charge in [-0.3, -0.25) is 4.79 Å². The lowest BCUT2D eigenvalue weighted by atomic mass is 10.1. The first-order valence-corrected chi connectivity index (χ1v) is 9.87. The average Bonchev–Trinajstić information content (AvgIpc) is 2.74. The number of rotatable bonds is 0. The topological polar surface area (TPSA) is 90.9 Å². The van der Waals surface area contributed by atoms with Crippen LogP contribution in [0.25, 0.3) is 0 Å². The van der Waals surface area contributed by atoms with E-state index in [1.807, 2.05) is 32.0 Å². The van der Waals surface area contributed by atoms with Crippen LogP contribution in [0.1, 0.15) is 73.8 Å². The Labute approximate surface area is 174 Å². The summed E-state index contributed by atoms with van der Waals surface area (Å²) in [5.41, 5.74) is 0.849. The van der Waals surface area contributed by atoms with Crippen LogP contribution in [0.3, 0.4) is 0 Å². The maximum absolute atomic E-state index is 11.1. The number of nitrogens with one attached hydrogen (secondary N) is 1. The molecule has 7 nitrogen and oxygen atoms in total. The Kier molecular flexibility index (Phi) is 11.0. The molecule has 0 bridgehead atoms. The minimum Gasteiger partial charge on any atom is -0.428 e. The van der Waals surface area contributed by atoms with Crippen molar-refractivity contribution < 1.29 is 28.6 Å². The lowest BCUT2D eigenvalue weighted by Crippen LogP contribution is -2.29. The van der Waals surface area contributed by atoms with E-state index < -0.39 is 23.5 Å². The van der Waals surface area contributed by atoms with Crippen molar-refractivity contribution in [3.63, 3.8) is 0 Å². The molecule has 0 atom stereocenters. The van der Waals surface area contributed by atoms with Crippen LogP contribution in [-0.2, 0) is 25.4 Å². The minimum atomic E-state index is -1.06. The SMILES string of the molecule is CC.CC(C)(C)OC(=O)OC(=O)OC(C)(C)C.O=C1CCCc2ccccc2N1. The summed E-state index contributed by atoms with van der Waals surface area (Å²) in [6, 6.07) is 7.99. The summed E-state index contributed by atoms with van der Waals surface area (Å²) >= 11 is 0. The highest BCUT2D eigenvalue weighted by molar-refractivity contribution is 5.92. The number of para-hydroxylation sites is 1. The van der Waals surface area contributed by atoms with Gasteiger partial charge in [0.05, 0.1) is 0 Å². The first kappa shape index (κ1) is 26.4. The zero-order chi connectivity index (χ0) is 22.7. The molecule has 0 aliphatic carbocycles. The Bertz CT molecular complexity index is 645. The van der Waals surface area contributed by atoms with Crippen LogP contribution >= 0.6 is 0 Å². The molecule has 0 saturated carbocycles. The first-order chi connectivity index (χ1) is 13.4. The van der Waals surface area contributed by atoms with Crippen molar-refractivity contribution in [2.75, 3.05) is 5.32 Å². The predicted molar refractivity (Wildman–Crippen MR) is 113 cm³/mol. The lowest BCUT2D eigenvalue weighted by Gasteiger charge is -2.20. The zero-order valence-corrected chi connectivity index (χ0v) is 18.9. The molecule has 0 radical (unpaired) electrons. The van der Waals surface area contributed by atoms with Crippen LogP contribution in [0.4, 0.5) is 15.3 Å². The van der Waals surface area contributed by atoms with Crippen molar-refractivity contribution in [2.45, 2.75) is 85.9 Å². The second-order valence-electron chi connectivity index (χ2n) is 8.09. The molecular weight excluding hydrogens is 374 g/mol. The number of amides is 1. The molecule has 0 spiro atoms. The van der Waals surface area contributed by atoms with E-state index in [1.165, 1.54) is 5.56 Å². The molecule has 164 valence electrons. The number of ether oxygens (including phenoxy) is 3. The summed E-state index contributed by atoms with van der Waals surface area (Å²) in [4.78, 5) is 33.2. The largest absolute Gasteiger partial charge is 0.519 e. The fourth-order valence-corrected chi connectivity index (χ4v) is 2.12. The summed E-state index contributed by atoms with van der Waals surface area (Å²) in [6.07, 6.45) is 0.500. The summed E-state index contributed by atoms with van der Waals surface area (Å²) in [6.45, 7) is 14.0. The molecule has 29 heavy (non-hydrogen) atoms. The Morgan fingerprint density at radius 2 is 1.34 bits per heavy atom. The maximum atomic E-state index is 11.1. The predicted octanol–water partition coefficient (Wildman–Crippen LogP) is 5.86. The van der Waals surface area contributed by atoms with Crippen molar-refractivity contribution in [3.8, 4) is 0 Å². The Balaban J connectivity index is 0.000000504. The van der Waals surface area contributed by atoms with E-state index in [1.54, 1.807) is 41.5 Å².